The molecule has 0 atom stereocenters. The summed E-state index contributed by atoms with van der Waals surface area (Å²) < 4.78 is 5.10. The van der Waals surface area contributed by atoms with Crippen LogP contribution in [0.4, 0.5) is 0 Å². The molecule has 0 fully saturated rings. The third-order valence-electron chi connectivity index (χ3n) is 2.41. The zero-order chi connectivity index (χ0) is 13.0. The van der Waals surface area contributed by atoms with Crippen LogP contribution in [0.1, 0.15) is 17.4 Å². The van der Waals surface area contributed by atoms with E-state index in [0.29, 0.717) is 12.2 Å². The topological polar surface area (TPSA) is 51.2 Å². The molecule has 18 heavy (non-hydrogen) atoms. The number of nitrogens with zero attached hydrogens (tertiary/aromatic N) is 1. The number of amides is 1. The van der Waals surface area contributed by atoms with Gasteiger partial charge in [-0.25, -0.2) is 4.98 Å². The number of rotatable bonds is 4. The molecule has 1 heterocycles. The van der Waals surface area contributed by atoms with Crippen LogP contribution in [0, 0.1) is 0 Å². The maximum absolute atomic E-state index is 11.6. The lowest BCUT2D eigenvalue weighted by atomic mass is 10.2. The minimum absolute atomic E-state index is 0.131. The average Bonchev–Trinajstić information content (AvgIpc) is 2.89. The molecule has 0 bridgehead atoms. The maximum Gasteiger partial charge on any atom is 0.270 e. The zero-order valence-corrected chi connectivity index (χ0v) is 11.1. The van der Waals surface area contributed by atoms with Crippen molar-refractivity contribution in [2.45, 2.75) is 6.92 Å². The first-order valence-corrected chi connectivity index (χ1v) is 6.50. The Bertz CT molecular complexity index is 534. The number of thiazole rings is 1. The highest BCUT2D eigenvalue weighted by Crippen LogP contribution is 2.25. The molecule has 1 N–H and O–H groups in total. The Kier molecular flexibility index (Phi) is 3.94. The van der Waals surface area contributed by atoms with Gasteiger partial charge in [0.2, 0.25) is 0 Å². The predicted octanol–water partition coefficient (Wildman–Crippen LogP) is 2.57. The van der Waals surface area contributed by atoms with Crippen LogP contribution in [0.3, 0.4) is 0 Å². The molecule has 1 amide bonds. The normalized spacial score (nSPS) is 10.1. The monoisotopic (exact) mass is 262 g/mol. The molecule has 5 heteroatoms. The summed E-state index contributed by atoms with van der Waals surface area (Å²) >= 11 is 1.46. The number of ether oxygens (including phenoxy) is 1. The highest BCUT2D eigenvalue weighted by molar-refractivity contribution is 7.13. The second kappa shape index (κ2) is 5.64. The quantitative estimate of drug-likeness (QED) is 0.921. The van der Waals surface area contributed by atoms with E-state index in [1.54, 1.807) is 12.5 Å². The molecule has 0 spiro atoms. The van der Waals surface area contributed by atoms with E-state index in [0.717, 1.165) is 16.3 Å². The van der Waals surface area contributed by atoms with Crippen molar-refractivity contribution in [2.75, 3.05) is 13.7 Å². The Labute approximate surface area is 110 Å². The molecule has 1 aromatic carbocycles. The first kappa shape index (κ1) is 12.6. The largest absolute Gasteiger partial charge is 0.497 e. The van der Waals surface area contributed by atoms with Crippen LogP contribution >= 0.6 is 11.3 Å². The van der Waals surface area contributed by atoms with E-state index in [2.05, 4.69) is 10.3 Å². The Morgan fingerprint density at radius 3 is 2.72 bits per heavy atom. The van der Waals surface area contributed by atoms with E-state index in [-0.39, 0.29) is 5.91 Å². The first-order valence-electron chi connectivity index (χ1n) is 5.62. The van der Waals surface area contributed by atoms with Crippen LogP contribution in [-0.4, -0.2) is 24.5 Å². The van der Waals surface area contributed by atoms with Crippen LogP contribution in [0.25, 0.3) is 10.6 Å². The predicted molar refractivity (Wildman–Crippen MR) is 72.1 cm³/mol. The standard InChI is InChI=1S/C13H14N2O2S/c1-3-14-12(16)11-8-18-13(15-11)9-4-6-10(17-2)7-5-9/h4-8H,3H2,1-2H3,(H,14,16). The minimum atomic E-state index is -0.131. The summed E-state index contributed by atoms with van der Waals surface area (Å²) in [6, 6.07) is 7.61. The first-order chi connectivity index (χ1) is 8.74. The van der Waals surface area contributed by atoms with Gasteiger partial charge in [0.1, 0.15) is 16.5 Å². The second-order valence-corrected chi connectivity index (χ2v) is 4.48. The van der Waals surface area contributed by atoms with Gasteiger partial charge in [0.25, 0.3) is 5.91 Å². The summed E-state index contributed by atoms with van der Waals surface area (Å²) in [5, 5.41) is 5.33. The Morgan fingerprint density at radius 2 is 2.11 bits per heavy atom. The van der Waals surface area contributed by atoms with E-state index < -0.39 is 0 Å². The van der Waals surface area contributed by atoms with Crippen LogP contribution in [-0.2, 0) is 0 Å². The molecule has 0 saturated heterocycles. The van der Waals surface area contributed by atoms with Gasteiger partial charge in [0.05, 0.1) is 7.11 Å². The Morgan fingerprint density at radius 1 is 1.39 bits per heavy atom. The highest BCUT2D eigenvalue weighted by Gasteiger charge is 2.10. The number of carbonyl (C=O) groups is 1. The fourth-order valence-corrected chi connectivity index (χ4v) is 2.30. The molecular formula is C13H14N2O2S. The fraction of sp³-hybridized carbons (Fsp3) is 0.231. The van der Waals surface area contributed by atoms with Gasteiger partial charge in [-0.05, 0) is 31.2 Å². The number of nitrogens with one attached hydrogen (secondary N) is 1. The van der Waals surface area contributed by atoms with E-state index in [4.69, 9.17) is 4.74 Å². The van der Waals surface area contributed by atoms with Gasteiger partial charge in [0.15, 0.2) is 0 Å². The van der Waals surface area contributed by atoms with Gasteiger partial charge in [-0.2, -0.15) is 0 Å². The number of benzene rings is 1. The maximum atomic E-state index is 11.6. The van der Waals surface area contributed by atoms with Crippen molar-refractivity contribution >= 4 is 17.2 Å². The molecule has 0 radical (unpaired) electrons. The van der Waals surface area contributed by atoms with Crippen molar-refractivity contribution in [3.05, 3.63) is 35.3 Å². The van der Waals surface area contributed by atoms with Crippen molar-refractivity contribution in [3.63, 3.8) is 0 Å². The summed E-state index contributed by atoms with van der Waals surface area (Å²) in [4.78, 5) is 15.9. The highest BCUT2D eigenvalue weighted by atomic mass is 32.1. The van der Waals surface area contributed by atoms with Gasteiger partial charge in [0, 0.05) is 17.5 Å². The van der Waals surface area contributed by atoms with Gasteiger partial charge in [-0.3, -0.25) is 4.79 Å². The van der Waals surface area contributed by atoms with Crippen LogP contribution in [0.2, 0.25) is 0 Å². The summed E-state index contributed by atoms with van der Waals surface area (Å²) in [6.45, 7) is 2.49. The third-order valence-corrected chi connectivity index (χ3v) is 3.30. The molecule has 0 unspecified atom stereocenters. The lowest BCUT2D eigenvalue weighted by Gasteiger charge is -2.00. The number of methoxy groups -OCH3 is 1. The van der Waals surface area contributed by atoms with Crippen molar-refractivity contribution < 1.29 is 9.53 Å². The number of hydrogen-bond acceptors (Lipinski definition) is 4. The van der Waals surface area contributed by atoms with Gasteiger partial charge < -0.3 is 10.1 Å². The zero-order valence-electron chi connectivity index (χ0n) is 10.3. The number of hydrogen-bond donors (Lipinski definition) is 1. The lowest BCUT2D eigenvalue weighted by Crippen LogP contribution is -2.22. The van der Waals surface area contributed by atoms with E-state index >= 15 is 0 Å². The molecule has 2 aromatic rings. The van der Waals surface area contributed by atoms with E-state index in [1.165, 1.54) is 11.3 Å². The Balaban J connectivity index is 2.20. The van der Waals surface area contributed by atoms with Gasteiger partial charge in [-0.1, -0.05) is 0 Å². The second-order valence-electron chi connectivity index (χ2n) is 3.63. The van der Waals surface area contributed by atoms with Crippen LogP contribution < -0.4 is 10.1 Å². The van der Waals surface area contributed by atoms with Crippen LogP contribution in [0.15, 0.2) is 29.6 Å². The van der Waals surface area contributed by atoms with Gasteiger partial charge in [-0.15, -0.1) is 11.3 Å². The summed E-state index contributed by atoms with van der Waals surface area (Å²) in [5.74, 6) is 0.674. The van der Waals surface area contributed by atoms with E-state index in [1.807, 2.05) is 31.2 Å². The SMILES string of the molecule is CCNC(=O)c1csc(-c2ccc(OC)cc2)n1. The molecule has 1 aromatic heterocycles. The van der Waals surface area contributed by atoms with Gasteiger partial charge >= 0.3 is 0 Å². The molecule has 94 valence electrons. The van der Waals surface area contributed by atoms with Crippen LogP contribution in [0.5, 0.6) is 5.75 Å². The van der Waals surface area contributed by atoms with Crippen molar-refractivity contribution in [1.29, 1.82) is 0 Å². The molecule has 0 aliphatic heterocycles. The molecule has 2 rings (SSSR count). The third kappa shape index (κ3) is 2.68. The molecule has 0 saturated carbocycles. The van der Waals surface area contributed by atoms with E-state index in [9.17, 15) is 4.79 Å². The number of carbonyl (C=O) groups excluding carboxylic acids is 1. The van der Waals surface area contributed by atoms with Crippen molar-refractivity contribution in [1.82, 2.24) is 10.3 Å². The van der Waals surface area contributed by atoms with Crippen molar-refractivity contribution in [3.8, 4) is 16.3 Å². The molecule has 0 aliphatic rings. The summed E-state index contributed by atoms with van der Waals surface area (Å²) in [7, 11) is 1.63. The molecular weight excluding hydrogens is 248 g/mol. The number of aromatic nitrogens is 1. The average molecular weight is 262 g/mol. The fourth-order valence-electron chi connectivity index (χ4n) is 1.50. The molecule has 4 nitrogen and oxygen atoms in total. The van der Waals surface area contributed by atoms with Crippen molar-refractivity contribution in [2.24, 2.45) is 0 Å². The summed E-state index contributed by atoms with van der Waals surface area (Å²) in [5.41, 5.74) is 1.45. The Hall–Kier alpha value is -1.88. The minimum Gasteiger partial charge on any atom is -0.497 e. The smallest absolute Gasteiger partial charge is 0.270 e. The molecule has 0 aliphatic carbocycles. The lowest BCUT2D eigenvalue weighted by molar-refractivity contribution is 0.0951. The summed E-state index contributed by atoms with van der Waals surface area (Å²) in [6.07, 6.45) is 0.